The molecule has 0 bridgehead atoms. The summed E-state index contributed by atoms with van der Waals surface area (Å²) in [6.45, 7) is 0. The van der Waals surface area contributed by atoms with Gasteiger partial charge in [-0.2, -0.15) is 4.39 Å². The number of carbonyl (C=O) groups is 1. The monoisotopic (exact) mass is 257 g/mol. The lowest BCUT2D eigenvalue weighted by atomic mass is 10.2. The molecular formula is C10H9F2N3O3. The molecule has 1 amide bonds. The molecule has 1 aromatic carbocycles. The first kappa shape index (κ1) is 12.4. The highest BCUT2D eigenvalue weighted by atomic mass is 19.1. The predicted octanol–water partition coefficient (Wildman–Crippen LogP) is 1.30. The first-order valence-electron chi connectivity index (χ1n) is 5.07. The Kier molecular flexibility index (Phi) is 2.74. The predicted molar refractivity (Wildman–Crippen MR) is 57.8 cm³/mol. The van der Waals surface area contributed by atoms with Crippen LogP contribution in [0.3, 0.4) is 0 Å². The Hall–Kier alpha value is -2.09. The molecule has 0 saturated heterocycles. The molecule has 0 spiro atoms. The van der Waals surface area contributed by atoms with Crippen LogP contribution in [0.2, 0.25) is 0 Å². The number of nitrogens with zero attached hydrogens (tertiary/aromatic N) is 1. The smallest absolute Gasteiger partial charge is 0.307 e. The van der Waals surface area contributed by atoms with Gasteiger partial charge in [0.25, 0.3) is 0 Å². The molecule has 0 aliphatic heterocycles. The number of nitro groups is 1. The Labute approximate surface area is 99.9 Å². The van der Waals surface area contributed by atoms with Crippen molar-refractivity contribution in [1.29, 1.82) is 0 Å². The number of nitrogens with one attached hydrogen (secondary N) is 1. The van der Waals surface area contributed by atoms with Crippen molar-refractivity contribution in [3.8, 4) is 0 Å². The van der Waals surface area contributed by atoms with Crippen LogP contribution in [0.5, 0.6) is 0 Å². The number of nitro benzene ring substituents is 1. The van der Waals surface area contributed by atoms with Gasteiger partial charge in [0.05, 0.1) is 16.1 Å². The van der Waals surface area contributed by atoms with Gasteiger partial charge < -0.3 is 11.1 Å². The minimum atomic E-state index is -1.30. The molecule has 18 heavy (non-hydrogen) atoms. The SMILES string of the molecule is NC1(C(=O)Nc2cc([N+](=O)[O-])c(F)cc2F)CC1. The molecule has 96 valence electrons. The van der Waals surface area contributed by atoms with Gasteiger partial charge >= 0.3 is 5.69 Å². The number of nitrogens with two attached hydrogens (primary N) is 1. The Bertz CT molecular complexity index is 543. The Morgan fingerprint density at radius 3 is 2.50 bits per heavy atom. The summed E-state index contributed by atoms with van der Waals surface area (Å²) in [5, 5.41) is 12.6. The molecule has 3 N–H and O–H groups in total. The van der Waals surface area contributed by atoms with Crippen LogP contribution in [0.25, 0.3) is 0 Å². The second-order valence-corrected chi connectivity index (χ2v) is 4.15. The summed E-state index contributed by atoms with van der Waals surface area (Å²) in [6.07, 6.45) is 0.924. The minimum Gasteiger partial charge on any atom is -0.322 e. The number of amides is 1. The molecule has 1 aromatic rings. The number of carbonyl (C=O) groups excluding carboxylic acids is 1. The van der Waals surface area contributed by atoms with Crippen LogP contribution in [0.1, 0.15) is 12.8 Å². The first-order chi connectivity index (χ1) is 8.33. The molecule has 0 radical (unpaired) electrons. The molecule has 0 heterocycles. The van der Waals surface area contributed by atoms with Gasteiger partial charge in [-0.05, 0) is 12.8 Å². The van der Waals surface area contributed by atoms with Gasteiger partial charge in [-0.25, -0.2) is 4.39 Å². The number of rotatable bonds is 3. The van der Waals surface area contributed by atoms with E-state index in [1.165, 1.54) is 0 Å². The van der Waals surface area contributed by atoms with Gasteiger partial charge in [0, 0.05) is 12.1 Å². The quantitative estimate of drug-likeness (QED) is 0.629. The number of halogens is 2. The van der Waals surface area contributed by atoms with Crippen molar-refractivity contribution >= 4 is 17.3 Å². The fraction of sp³-hybridized carbons (Fsp3) is 0.300. The number of anilines is 1. The average molecular weight is 257 g/mol. The molecular weight excluding hydrogens is 248 g/mol. The normalized spacial score (nSPS) is 16.2. The molecule has 6 nitrogen and oxygen atoms in total. The van der Waals surface area contributed by atoms with Crippen molar-refractivity contribution < 1.29 is 18.5 Å². The van der Waals surface area contributed by atoms with Crippen molar-refractivity contribution in [3.05, 3.63) is 33.9 Å². The topological polar surface area (TPSA) is 98.3 Å². The Morgan fingerprint density at radius 1 is 1.39 bits per heavy atom. The first-order valence-corrected chi connectivity index (χ1v) is 5.07. The van der Waals surface area contributed by atoms with Crippen LogP contribution in [0.15, 0.2) is 12.1 Å². The second-order valence-electron chi connectivity index (χ2n) is 4.15. The van der Waals surface area contributed by atoms with E-state index in [2.05, 4.69) is 5.32 Å². The van der Waals surface area contributed by atoms with Gasteiger partial charge in [0.2, 0.25) is 11.7 Å². The molecule has 8 heteroatoms. The molecule has 1 saturated carbocycles. The van der Waals surface area contributed by atoms with Gasteiger partial charge in [0.1, 0.15) is 5.82 Å². The molecule has 1 aliphatic carbocycles. The van der Waals surface area contributed by atoms with Crippen molar-refractivity contribution in [2.45, 2.75) is 18.4 Å². The highest BCUT2D eigenvalue weighted by Gasteiger charge is 2.46. The lowest BCUT2D eigenvalue weighted by molar-refractivity contribution is -0.387. The Balaban J connectivity index is 2.30. The average Bonchev–Trinajstić information content (AvgIpc) is 3.01. The van der Waals surface area contributed by atoms with Crippen LogP contribution < -0.4 is 11.1 Å². The lowest BCUT2D eigenvalue weighted by Crippen LogP contribution is -2.38. The van der Waals surface area contributed by atoms with E-state index < -0.39 is 39.4 Å². The third-order valence-corrected chi connectivity index (χ3v) is 2.72. The zero-order valence-electron chi connectivity index (χ0n) is 9.07. The standard InChI is InChI=1S/C10H9F2N3O3/c11-5-3-6(12)8(15(17)18)4-7(5)14-9(16)10(13)1-2-10/h3-4H,1-2,13H2,(H,14,16). The van der Waals surface area contributed by atoms with E-state index >= 15 is 0 Å². The third-order valence-electron chi connectivity index (χ3n) is 2.72. The van der Waals surface area contributed by atoms with Crippen LogP contribution in [-0.2, 0) is 4.79 Å². The minimum absolute atomic E-state index is 0.351. The molecule has 0 aromatic heterocycles. The van der Waals surface area contributed by atoms with Crippen LogP contribution in [0.4, 0.5) is 20.2 Å². The second kappa shape index (κ2) is 3.98. The summed E-state index contributed by atoms with van der Waals surface area (Å²) in [5.74, 6) is -3.03. The summed E-state index contributed by atoms with van der Waals surface area (Å²) in [4.78, 5) is 21.0. The van der Waals surface area contributed by atoms with E-state index in [1.54, 1.807) is 0 Å². The molecule has 0 unspecified atom stereocenters. The highest BCUT2D eigenvalue weighted by Crippen LogP contribution is 2.34. The summed E-state index contributed by atoms with van der Waals surface area (Å²) in [7, 11) is 0. The fourth-order valence-corrected chi connectivity index (χ4v) is 1.38. The third kappa shape index (κ3) is 2.14. The number of hydrogen-bond donors (Lipinski definition) is 2. The highest BCUT2D eigenvalue weighted by molar-refractivity contribution is 6.00. The summed E-state index contributed by atoms with van der Waals surface area (Å²) in [5.41, 5.74) is 3.16. The van der Waals surface area contributed by atoms with E-state index in [0.29, 0.717) is 25.0 Å². The zero-order chi connectivity index (χ0) is 13.5. The Morgan fingerprint density at radius 2 is 2.00 bits per heavy atom. The van der Waals surface area contributed by atoms with E-state index in [-0.39, 0.29) is 0 Å². The number of hydrogen-bond acceptors (Lipinski definition) is 4. The van der Waals surface area contributed by atoms with Crippen molar-refractivity contribution in [2.75, 3.05) is 5.32 Å². The molecule has 1 aliphatic rings. The molecule has 0 atom stereocenters. The maximum Gasteiger partial charge on any atom is 0.307 e. The van der Waals surface area contributed by atoms with Gasteiger partial charge in [-0.3, -0.25) is 14.9 Å². The van der Waals surface area contributed by atoms with E-state index in [9.17, 15) is 23.7 Å². The van der Waals surface area contributed by atoms with Crippen LogP contribution in [0, 0.1) is 21.7 Å². The van der Waals surface area contributed by atoms with Gasteiger partial charge in [0.15, 0.2) is 0 Å². The van der Waals surface area contributed by atoms with E-state index in [1.807, 2.05) is 0 Å². The van der Waals surface area contributed by atoms with Crippen LogP contribution >= 0.6 is 0 Å². The van der Waals surface area contributed by atoms with E-state index in [0.717, 1.165) is 0 Å². The summed E-state index contributed by atoms with van der Waals surface area (Å²) < 4.78 is 26.4. The van der Waals surface area contributed by atoms with Crippen molar-refractivity contribution in [3.63, 3.8) is 0 Å². The molecule has 2 rings (SSSR count). The maximum atomic E-state index is 13.3. The fourth-order valence-electron chi connectivity index (χ4n) is 1.38. The summed E-state index contributed by atoms with van der Waals surface area (Å²) >= 11 is 0. The van der Waals surface area contributed by atoms with Gasteiger partial charge in [-0.1, -0.05) is 0 Å². The maximum absolute atomic E-state index is 13.3. The summed E-state index contributed by atoms with van der Waals surface area (Å²) in [6, 6.07) is 0.984. The lowest BCUT2D eigenvalue weighted by Gasteiger charge is -2.10. The van der Waals surface area contributed by atoms with Crippen molar-refractivity contribution in [2.24, 2.45) is 5.73 Å². The largest absolute Gasteiger partial charge is 0.322 e. The zero-order valence-corrected chi connectivity index (χ0v) is 9.07. The number of benzene rings is 1. The van der Waals surface area contributed by atoms with E-state index in [4.69, 9.17) is 5.73 Å². The van der Waals surface area contributed by atoms with Gasteiger partial charge in [-0.15, -0.1) is 0 Å². The van der Waals surface area contributed by atoms with Crippen LogP contribution in [-0.4, -0.2) is 16.4 Å². The van der Waals surface area contributed by atoms with Crippen molar-refractivity contribution in [1.82, 2.24) is 0 Å². The molecule has 1 fully saturated rings.